The number of alkyl halides is 3. The van der Waals surface area contributed by atoms with Crippen LogP contribution < -0.4 is 10.1 Å². The molecule has 7 nitrogen and oxygen atoms in total. The molecule has 1 aliphatic heterocycles. The topological polar surface area (TPSA) is 85.6 Å². The first-order valence-corrected chi connectivity index (χ1v) is 11.7. The number of carbonyl (C=O) groups is 1. The molecule has 182 valence electrons. The quantitative estimate of drug-likeness (QED) is 0.653. The summed E-state index contributed by atoms with van der Waals surface area (Å²) in [4.78, 5) is 12.9. The SMILES string of the molecule is O=C(NC12CC(n3ccc(C4CC(OC(F)(F)F)C4)n3)(C1)C2)C1C[C@@H](O)c2cc(Cl)ccc2O1. The smallest absolute Gasteiger partial charge is 0.480 e. The summed E-state index contributed by atoms with van der Waals surface area (Å²) in [5.74, 6) is 0.182. The molecule has 1 aromatic carbocycles. The number of amides is 1. The van der Waals surface area contributed by atoms with Crippen molar-refractivity contribution in [1.82, 2.24) is 15.1 Å². The summed E-state index contributed by atoms with van der Waals surface area (Å²) in [5, 5.41) is 18.7. The van der Waals surface area contributed by atoms with Crippen LogP contribution in [0.25, 0.3) is 0 Å². The van der Waals surface area contributed by atoms with Crippen molar-refractivity contribution in [1.29, 1.82) is 0 Å². The van der Waals surface area contributed by atoms with Crippen molar-refractivity contribution in [2.75, 3.05) is 0 Å². The molecular weight excluding hydrogens is 475 g/mol. The van der Waals surface area contributed by atoms with Crippen LogP contribution in [0.2, 0.25) is 5.02 Å². The number of benzene rings is 1. The second-order valence-corrected chi connectivity index (χ2v) is 10.5. The Bertz CT molecular complexity index is 1130. The molecule has 4 aliphatic carbocycles. The van der Waals surface area contributed by atoms with Gasteiger partial charge in [0.15, 0.2) is 6.10 Å². The highest BCUT2D eigenvalue weighted by Crippen LogP contribution is 2.65. The maximum Gasteiger partial charge on any atom is 0.522 e. The molecule has 1 amide bonds. The van der Waals surface area contributed by atoms with Gasteiger partial charge in [-0.2, -0.15) is 5.10 Å². The van der Waals surface area contributed by atoms with Gasteiger partial charge in [0.2, 0.25) is 0 Å². The minimum atomic E-state index is -4.60. The normalized spacial score (nSPS) is 35.8. The molecule has 4 fully saturated rings. The molecule has 0 saturated heterocycles. The zero-order valence-electron chi connectivity index (χ0n) is 18.0. The van der Waals surface area contributed by atoms with Crippen molar-refractivity contribution in [2.45, 2.75) is 80.2 Å². The largest absolute Gasteiger partial charge is 0.522 e. The van der Waals surface area contributed by atoms with Crippen LogP contribution in [0.1, 0.15) is 61.8 Å². The Kier molecular flexibility index (Phi) is 4.80. The van der Waals surface area contributed by atoms with Crippen molar-refractivity contribution >= 4 is 17.5 Å². The standard InChI is InChI=1S/C23H23ClF3N3O4/c24-13-1-2-18-15(7-13)17(31)8-19(33-18)20(32)28-21-9-22(10-21,11-21)30-4-3-16(29-30)12-5-14(6-12)34-23(25,26)27/h1-4,7,12,14,17,19,31H,5-6,8-11H2,(H,28,32)/t12?,14?,17-,19?,21?,22?/m1/s1. The predicted molar refractivity (Wildman–Crippen MR) is 113 cm³/mol. The lowest BCUT2D eigenvalue weighted by molar-refractivity contribution is -0.351. The van der Waals surface area contributed by atoms with Crippen molar-refractivity contribution < 1.29 is 32.5 Å². The third kappa shape index (κ3) is 3.67. The number of ether oxygens (including phenoxy) is 2. The van der Waals surface area contributed by atoms with E-state index in [9.17, 15) is 23.1 Å². The fourth-order valence-corrected chi connectivity index (χ4v) is 6.12. The van der Waals surface area contributed by atoms with Gasteiger partial charge in [-0.05, 0) is 56.4 Å². The molecule has 0 radical (unpaired) electrons. The zero-order chi connectivity index (χ0) is 23.9. The molecule has 2 aromatic rings. The Morgan fingerprint density at radius 3 is 2.68 bits per heavy atom. The third-order valence-electron chi connectivity index (χ3n) is 7.63. The average Bonchev–Trinajstić information content (AvgIpc) is 3.14. The number of fused-ring (bicyclic) bond motifs is 1. The Morgan fingerprint density at radius 1 is 1.24 bits per heavy atom. The first-order chi connectivity index (χ1) is 16.0. The molecule has 4 saturated carbocycles. The summed E-state index contributed by atoms with van der Waals surface area (Å²) in [6.07, 6.45) is -2.15. The number of nitrogens with one attached hydrogen (secondary N) is 1. The summed E-state index contributed by atoms with van der Waals surface area (Å²) in [6.45, 7) is 0. The molecule has 7 rings (SSSR count). The maximum atomic E-state index is 12.9. The van der Waals surface area contributed by atoms with Crippen molar-refractivity contribution in [3.8, 4) is 5.75 Å². The van der Waals surface area contributed by atoms with Crippen LogP contribution in [0.4, 0.5) is 13.2 Å². The second-order valence-electron chi connectivity index (χ2n) is 10.1. The number of aromatic nitrogens is 2. The van der Waals surface area contributed by atoms with Gasteiger partial charge in [0, 0.05) is 34.7 Å². The van der Waals surface area contributed by atoms with E-state index in [1.54, 1.807) is 18.2 Å². The van der Waals surface area contributed by atoms with E-state index < -0.39 is 24.7 Å². The summed E-state index contributed by atoms with van der Waals surface area (Å²) >= 11 is 5.98. The number of hydrogen-bond donors (Lipinski definition) is 2. The number of nitrogens with zero attached hydrogens (tertiary/aromatic N) is 2. The first-order valence-electron chi connectivity index (χ1n) is 11.3. The number of rotatable bonds is 5. The summed E-state index contributed by atoms with van der Waals surface area (Å²) in [6, 6.07) is 6.82. The van der Waals surface area contributed by atoms with E-state index in [0.717, 1.165) is 25.0 Å². The monoisotopic (exact) mass is 497 g/mol. The number of aliphatic hydroxyl groups excluding tert-OH is 1. The van der Waals surface area contributed by atoms with Crippen molar-refractivity contribution in [3.05, 3.63) is 46.7 Å². The maximum absolute atomic E-state index is 12.9. The highest BCUT2D eigenvalue weighted by atomic mass is 35.5. The van der Waals surface area contributed by atoms with Crippen LogP contribution in [0, 0.1) is 0 Å². The lowest BCUT2D eigenvalue weighted by Crippen LogP contribution is -2.79. The zero-order valence-corrected chi connectivity index (χ0v) is 18.8. The van der Waals surface area contributed by atoms with Gasteiger partial charge >= 0.3 is 6.36 Å². The van der Waals surface area contributed by atoms with E-state index in [-0.39, 0.29) is 29.3 Å². The molecule has 2 atom stereocenters. The molecule has 34 heavy (non-hydrogen) atoms. The Morgan fingerprint density at radius 2 is 1.97 bits per heavy atom. The number of halogens is 4. The van der Waals surface area contributed by atoms with Gasteiger partial charge in [-0.25, -0.2) is 0 Å². The number of aliphatic hydroxyl groups is 1. The summed E-state index contributed by atoms with van der Waals surface area (Å²) in [7, 11) is 0. The number of hydrogen-bond acceptors (Lipinski definition) is 5. The second kappa shape index (κ2) is 7.35. The predicted octanol–water partition coefficient (Wildman–Crippen LogP) is 3.95. The average molecular weight is 498 g/mol. The van der Waals surface area contributed by atoms with Gasteiger partial charge in [0.1, 0.15) is 5.75 Å². The molecule has 2 heterocycles. The molecule has 11 heteroatoms. The van der Waals surface area contributed by atoms with Gasteiger partial charge in [-0.3, -0.25) is 14.2 Å². The summed E-state index contributed by atoms with van der Waals surface area (Å²) in [5.41, 5.74) is 0.902. The van der Waals surface area contributed by atoms with E-state index in [1.165, 1.54) is 0 Å². The molecule has 1 aromatic heterocycles. The fourth-order valence-electron chi connectivity index (χ4n) is 5.94. The minimum absolute atomic E-state index is 0.0257. The van der Waals surface area contributed by atoms with Crippen LogP contribution in [0.15, 0.2) is 30.5 Å². The summed E-state index contributed by atoms with van der Waals surface area (Å²) < 4.78 is 48.8. The van der Waals surface area contributed by atoms with E-state index in [1.807, 2.05) is 16.9 Å². The van der Waals surface area contributed by atoms with Crippen LogP contribution in [0.3, 0.4) is 0 Å². The van der Waals surface area contributed by atoms with Crippen molar-refractivity contribution in [3.63, 3.8) is 0 Å². The third-order valence-corrected chi connectivity index (χ3v) is 7.86. The molecular formula is C23H23ClF3N3O4. The van der Waals surface area contributed by atoms with Gasteiger partial charge in [-0.15, -0.1) is 13.2 Å². The fraction of sp³-hybridized carbons (Fsp3) is 0.565. The van der Waals surface area contributed by atoms with E-state index >= 15 is 0 Å². The lowest BCUT2D eigenvalue weighted by atomic mass is 9.44. The van der Waals surface area contributed by atoms with Crippen LogP contribution in [-0.4, -0.2) is 44.9 Å². The first kappa shape index (κ1) is 22.2. The minimum Gasteiger partial charge on any atom is -0.480 e. The van der Waals surface area contributed by atoms with Gasteiger partial charge in [-0.1, -0.05) is 11.6 Å². The molecule has 1 unspecified atom stereocenters. The van der Waals surface area contributed by atoms with Crippen LogP contribution >= 0.6 is 11.6 Å². The number of carbonyl (C=O) groups excluding carboxylic acids is 1. The van der Waals surface area contributed by atoms with Gasteiger partial charge in [0.05, 0.1) is 23.4 Å². The van der Waals surface area contributed by atoms with Crippen molar-refractivity contribution in [2.24, 2.45) is 0 Å². The van der Waals surface area contributed by atoms with Gasteiger partial charge in [0.25, 0.3) is 5.91 Å². The molecule has 2 N–H and O–H groups in total. The Hall–Kier alpha value is -2.30. The van der Waals surface area contributed by atoms with Gasteiger partial charge < -0.3 is 15.2 Å². The molecule has 0 spiro atoms. The Balaban J connectivity index is 1.03. The van der Waals surface area contributed by atoms with Crippen LogP contribution in [0.5, 0.6) is 5.75 Å². The van der Waals surface area contributed by atoms with E-state index in [2.05, 4.69) is 15.2 Å². The lowest BCUT2D eigenvalue weighted by Gasteiger charge is -2.70. The van der Waals surface area contributed by atoms with Crippen LogP contribution in [-0.2, 0) is 15.1 Å². The molecule has 2 bridgehead atoms. The van der Waals surface area contributed by atoms with E-state index in [4.69, 9.17) is 16.3 Å². The van der Waals surface area contributed by atoms with E-state index in [0.29, 0.717) is 29.2 Å². The molecule has 5 aliphatic rings. The highest BCUT2D eigenvalue weighted by molar-refractivity contribution is 6.30. The highest BCUT2D eigenvalue weighted by Gasteiger charge is 2.70. The Labute approximate surface area is 198 Å².